The molecule has 0 aliphatic heterocycles. The minimum atomic E-state index is -3.55. The Kier molecular flexibility index (Phi) is 5.33. The van der Waals surface area contributed by atoms with Crippen LogP contribution in [0.2, 0.25) is 4.34 Å². The van der Waals surface area contributed by atoms with E-state index >= 15 is 0 Å². The van der Waals surface area contributed by atoms with Gasteiger partial charge in [-0.1, -0.05) is 23.7 Å². The van der Waals surface area contributed by atoms with Crippen LogP contribution in [0.4, 0.5) is 0 Å². The number of benzene rings is 1. The highest BCUT2D eigenvalue weighted by atomic mass is 35.5. The molecule has 0 saturated carbocycles. The van der Waals surface area contributed by atoms with Crippen molar-refractivity contribution in [2.75, 3.05) is 7.05 Å². The molecule has 1 aromatic heterocycles. The van der Waals surface area contributed by atoms with E-state index < -0.39 is 10.0 Å². The Morgan fingerprint density at radius 1 is 1.24 bits per heavy atom. The van der Waals surface area contributed by atoms with Crippen molar-refractivity contribution in [1.29, 1.82) is 0 Å². The van der Waals surface area contributed by atoms with Gasteiger partial charge >= 0.3 is 0 Å². The van der Waals surface area contributed by atoms with Crippen LogP contribution in [0.1, 0.15) is 16.0 Å². The number of halogens is 2. The molecule has 0 radical (unpaired) electrons. The predicted molar refractivity (Wildman–Crippen MR) is 88.7 cm³/mol. The topological polar surface area (TPSA) is 37.4 Å². The largest absolute Gasteiger partial charge is 0.243 e. The molecular weight excluding hydrogens is 349 g/mol. The fourth-order valence-electron chi connectivity index (χ4n) is 1.99. The summed E-state index contributed by atoms with van der Waals surface area (Å²) < 4.78 is 27.4. The molecule has 0 saturated heterocycles. The first-order chi connectivity index (χ1) is 9.86. The van der Waals surface area contributed by atoms with Crippen molar-refractivity contribution in [1.82, 2.24) is 4.31 Å². The zero-order valence-electron chi connectivity index (χ0n) is 11.6. The number of thiophene rings is 1. The third kappa shape index (κ3) is 3.60. The average Bonchev–Trinajstić information content (AvgIpc) is 2.84. The number of rotatable bonds is 5. The Hall–Kier alpha value is -0.590. The summed E-state index contributed by atoms with van der Waals surface area (Å²) in [6.45, 7) is 2.07. The molecule has 0 unspecified atom stereocenters. The quantitative estimate of drug-likeness (QED) is 0.743. The first-order valence-corrected chi connectivity index (χ1v) is 9.38. The standard InChI is InChI=1S/C14H15Cl2NO2S2/c1-10-11(8-15)4-3-5-13(10)21(18,19)17(2)9-12-6-7-14(16)20-12/h3-7H,8-9H2,1-2H3. The molecule has 0 spiro atoms. The molecule has 114 valence electrons. The molecule has 2 aromatic rings. The molecule has 3 nitrogen and oxygen atoms in total. The van der Waals surface area contributed by atoms with E-state index in [1.807, 2.05) is 12.1 Å². The maximum Gasteiger partial charge on any atom is 0.243 e. The van der Waals surface area contributed by atoms with Gasteiger partial charge in [-0.3, -0.25) is 0 Å². The van der Waals surface area contributed by atoms with E-state index in [9.17, 15) is 8.42 Å². The molecule has 21 heavy (non-hydrogen) atoms. The molecule has 0 aliphatic carbocycles. The molecular formula is C14H15Cl2NO2S2. The Labute approximate surface area is 139 Å². The molecule has 7 heteroatoms. The highest BCUT2D eigenvalue weighted by molar-refractivity contribution is 7.89. The molecule has 0 fully saturated rings. The van der Waals surface area contributed by atoms with Crippen molar-refractivity contribution in [3.8, 4) is 0 Å². The highest BCUT2D eigenvalue weighted by Crippen LogP contribution is 2.27. The van der Waals surface area contributed by atoms with Crippen LogP contribution in [-0.4, -0.2) is 19.8 Å². The van der Waals surface area contributed by atoms with Gasteiger partial charge in [0.15, 0.2) is 0 Å². The van der Waals surface area contributed by atoms with Crippen LogP contribution < -0.4 is 0 Å². The second-order valence-electron chi connectivity index (χ2n) is 4.64. The van der Waals surface area contributed by atoms with E-state index in [1.165, 1.54) is 15.6 Å². The van der Waals surface area contributed by atoms with E-state index in [-0.39, 0.29) is 0 Å². The van der Waals surface area contributed by atoms with E-state index in [0.29, 0.717) is 27.2 Å². The Morgan fingerprint density at radius 3 is 2.52 bits per heavy atom. The van der Waals surface area contributed by atoms with Gasteiger partial charge in [0.25, 0.3) is 0 Å². The lowest BCUT2D eigenvalue weighted by Crippen LogP contribution is -2.27. The lowest BCUT2D eigenvalue weighted by Gasteiger charge is -2.18. The van der Waals surface area contributed by atoms with Gasteiger partial charge < -0.3 is 0 Å². The molecule has 0 bridgehead atoms. The molecule has 2 rings (SSSR count). The van der Waals surface area contributed by atoms with Crippen molar-refractivity contribution < 1.29 is 8.42 Å². The maximum absolute atomic E-state index is 12.7. The van der Waals surface area contributed by atoms with Crippen molar-refractivity contribution >= 4 is 44.6 Å². The van der Waals surface area contributed by atoms with Crippen LogP contribution in [0.15, 0.2) is 35.2 Å². The molecule has 1 heterocycles. The third-order valence-electron chi connectivity index (χ3n) is 3.24. The first-order valence-electron chi connectivity index (χ1n) is 6.21. The highest BCUT2D eigenvalue weighted by Gasteiger charge is 2.24. The SMILES string of the molecule is Cc1c(CCl)cccc1S(=O)(=O)N(C)Cc1ccc(Cl)s1. The van der Waals surface area contributed by atoms with E-state index in [4.69, 9.17) is 23.2 Å². The van der Waals surface area contributed by atoms with Gasteiger partial charge in [0.2, 0.25) is 10.0 Å². The maximum atomic E-state index is 12.7. The predicted octanol–water partition coefficient (Wildman–Crippen LogP) is 4.27. The summed E-state index contributed by atoms with van der Waals surface area (Å²) in [7, 11) is -1.99. The zero-order valence-corrected chi connectivity index (χ0v) is 14.8. The van der Waals surface area contributed by atoms with Crippen LogP contribution in [0.5, 0.6) is 0 Å². The summed E-state index contributed by atoms with van der Waals surface area (Å²) >= 11 is 13.1. The van der Waals surface area contributed by atoms with Gasteiger partial charge in [-0.05, 0) is 36.2 Å². The Bertz CT molecular complexity index is 741. The van der Waals surface area contributed by atoms with Gasteiger partial charge in [-0.2, -0.15) is 4.31 Å². The summed E-state index contributed by atoms with van der Waals surface area (Å²) in [5.74, 6) is 0.291. The van der Waals surface area contributed by atoms with Gasteiger partial charge in [-0.15, -0.1) is 22.9 Å². The Morgan fingerprint density at radius 2 is 1.95 bits per heavy atom. The van der Waals surface area contributed by atoms with E-state index in [2.05, 4.69) is 0 Å². The summed E-state index contributed by atoms with van der Waals surface area (Å²) in [6.07, 6.45) is 0. The second kappa shape index (κ2) is 6.67. The number of alkyl halides is 1. The van der Waals surface area contributed by atoms with Crippen LogP contribution >= 0.6 is 34.5 Å². The normalized spacial score (nSPS) is 12.0. The van der Waals surface area contributed by atoms with Crippen molar-refractivity contribution in [2.45, 2.75) is 24.2 Å². The lowest BCUT2D eigenvalue weighted by molar-refractivity contribution is 0.469. The van der Waals surface area contributed by atoms with Crippen molar-refractivity contribution in [2.24, 2.45) is 0 Å². The van der Waals surface area contributed by atoms with Gasteiger partial charge in [0.05, 0.1) is 9.23 Å². The molecule has 0 N–H and O–H groups in total. The van der Waals surface area contributed by atoms with Gasteiger partial charge in [-0.25, -0.2) is 8.42 Å². The average molecular weight is 364 g/mol. The summed E-state index contributed by atoms with van der Waals surface area (Å²) in [5, 5.41) is 0. The van der Waals surface area contributed by atoms with Crippen LogP contribution in [0.25, 0.3) is 0 Å². The number of nitrogens with zero attached hydrogens (tertiary/aromatic N) is 1. The van der Waals surface area contributed by atoms with Gasteiger partial charge in [0.1, 0.15) is 0 Å². The number of hydrogen-bond acceptors (Lipinski definition) is 3. The van der Waals surface area contributed by atoms with Crippen LogP contribution in [0, 0.1) is 6.92 Å². The fourth-order valence-corrected chi connectivity index (χ4v) is 4.92. The van der Waals surface area contributed by atoms with Crippen LogP contribution in [-0.2, 0) is 22.4 Å². The fraction of sp³-hybridized carbons (Fsp3) is 0.286. The molecule has 0 aliphatic rings. The number of sulfonamides is 1. The van der Waals surface area contributed by atoms with Crippen molar-refractivity contribution in [3.05, 3.63) is 50.7 Å². The Balaban J connectivity index is 2.33. The minimum Gasteiger partial charge on any atom is -0.207 e. The monoisotopic (exact) mass is 363 g/mol. The van der Waals surface area contributed by atoms with E-state index in [1.54, 1.807) is 32.2 Å². The van der Waals surface area contributed by atoms with Gasteiger partial charge in [0, 0.05) is 24.3 Å². The summed E-state index contributed by atoms with van der Waals surface area (Å²) in [4.78, 5) is 1.20. The minimum absolute atomic E-state index is 0.291. The summed E-state index contributed by atoms with van der Waals surface area (Å²) in [6, 6.07) is 8.76. The van der Waals surface area contributed by atoms with Crippen molar-refractivity contribution in [3.63, 3.8) is 0 Å². The summed E-state index contributed by atoms with van der Waals surface area (Å²) in [5.41, 5.74) is 1.52. The number of hydrogen-bond donors (Lipinski definition) is 0. The first kappa shape index (κ1) is 16.8. The molecule has 1 aromatic carbocycles. The van der Waals surface area contributed by atoms with E-state index in [0.717, 1.165) is 10.4 Å². The smallest absolute Gasteiger partial charge is 0.207 e. The van der Waals surface area contributed by atoms with Crippen LogP contribution in [0.3, 0.4) is 0 Å². The third-order valence-corrected chi connectivity index (χ3v) is 6.69. The molecule has 0 amide bonds. The molecule has 0 atom stereocenters. The zero-order chi connectivity index (χ0) is 15.6. The second-order valence-corrected chi connectivity index (χ2v) is 8.72. The lowest BCUT2D eigenvalue weighted by atomic mass is 10.1.